The normalized spacial score (nSPS) is 11.0. The van der Waals surface area contributed by atoms with E-state index in [1.807, 2.05) is 6.92 Å². The molecule has 0 fully saturated rings. The summed E-state index contributed by atoms with van der Waals surface area (Å²) in [6, 6.07) is 8.31. The first-order chi connectivity index (χ1) is 14.0. The molecule has 4 aromatic rings. The second kappa shape index (κ2) is 8.27. The molecule has 1 amide bonds. The van der Waals surface area contributed by atoms with Crippen LogP contribution < -0.4 is 15.6 Å². The number of benzene rings is 1. The first-order valence-corrected chi connectivity index (χ1v) is 10.9. The highest BCUT2D eigenvalue weighted by Gasteiger charge is 2.13. The average molecular weight is 447 g/mol. The summed E-state index contributed by atoms with van der Waals surface area (Å²) < 4.78 is 7.09. The monoisotopic (exact) mass is 446 g/mol. The smallest absolute Gasteiger partial charge is 0.275 e. The summed E-state index contributed by atoms with van der Waals surface area (Å²) in [5.41, 5.74) is 0.894. The Bertz CT molecular complexity index is 1250. The Morgan fingerprint density at radius 2 is 2.14 bits per heavy atom. The molecule has 0 spiro atoms. The van der Waals surface area contributed by atoms with Crippen molar-refractivity contribution in [3.05, 3.63) is 57.0 Å². The SMILES string of the molecule is COc1cccc(C(=O)Nc2nnc(SCc3cc(=O)n4nc(C)sc4n3)s2)c1. The third-order valence-electron chi connectivity index (χ3n) is 3.70. The lowest BCUT2D eigenvalue weighted by Gasteiger charge is -2.03. The highest BCUT2D eigenvalue weighted by atomic mass is 32.2. The summed E-state index contributed by atoms with van der Waals surface area (Å²) in [4.78, 5) is 29.5. The maximum Gasteiger partial charge on any atom is 0.275 e. The van der Waals surface area contributed by atoms with E-state index in [1.54, 1.807) is 31.4 Å². The van der Waals surface area contributed by atoms with Gasteiger partial charge in [0.15, 0.2) is 4.34 Å². The van der Waals surface area contributed by atoms with Crippen LogP contribution in [0, 0.1) is 6.92 Å². The van der Waals surface area contributed by atoms with Crippen LogP contribution >= 0.6 is 34.4 Å². The van der Waals surface area contributed by atoms with Crippen LogP contribution in [0.3, 0.4) is 0 Å². The number of anilines is 1. The van der Waals surface area contributed by atoms with E-state index in [0.717, 1.165) is 5.01 Å². The minimum absolute atomic E-state index is 0.210. The number of methoxy groups -OCH3 is 1. The molecule has 0 unspecified atom stereocenters. The van der Waals surface area contributed by atoms with E-state index in [2.05, 4.69) is 25.6 Å². The second-order valence-electron chi connectivity index (χ2n) is 5.75. The summed E-state index contributed by atoms with van der Waals surface area (Å²) in [5.74, 6) is 0.765. The highest BCUT2D eigenvalue weighted by molar-refractivity contribution is 8.00. The molecule has 0 bridgehead atoms. The number of nitrogens with zero attached hydrogens (tertiary/aromatic N) is 5. The Kier molecular flexibility index (Phi) is 5.56. The summed E-state index contributed by atoms with van der Waals surface area (Å²) in [6.07, 6.45) is 0. The molecule has 0 atom stereocenters. The topological polar surface area (TPSA) is 111 Å². The Hall–Kier alpha value is -2.83. The van der Waals surface area contributed by atoms with Crippen LogP contribution in [0.4, 0.5) is 5.13 Å². The lowest BCUT2D eigenvalue weighted by atomic mass is 10.2. The summed E-state index contributed by atoms with van der Waals surface area (Å²) in [6.45, 7) is 1.83. The van der Waals surface area contributed by atoms with Crippen molar-refractivity contribution < 1.29 is 9.53 Å². The Labute approximate surface area is 176 Å². The van der Waals surface area contributed by atoms with Crippen LogP contribution in [-0.2, 0) is 5.75 Å². The van der Waals surface area contributed by atoms with Gasteiger partial charge in [0.25, 0.3) is 11.5 Å². The predicted molar refractivity (Wildman–Crippen MR) is 112 cm³/mol. The van der Waals surface area contributed by atoms with Crippen molar-refractivity contribution in [3.8, 4) is 5.75 Å². The lowest BCUT2D eigenvalue weighted by molar-refractivity contribution is 0.102. The van der Waals surface area contributed by atoms with Gasteiger partial charge in [-0.15, -0.1) is 10.2 Å². The van der Waals surface area contributed by atoms with Gasteiger partial charge >= 0.3 is 0 Å². The molecule has 4 rings (SSSR count). The average Bonchev–Trinajstić information content (AvgIpc) is 3.32. The number of thioether (sulfide) groups is 1. The van der Waals surface area contributed by atoms with Gasteiger partial charge in [-0.1, -0.05) is 40.5 Å². The summed E-state index contributed by atoms with van der Waals surface area (Å²) in [7, 11) is 1.54. The van der Waals surface area contributed by atoms with Crippen LogP contribution in [0.1, 0.15) is 21.1 Å². The number of amides is 1. The van der Waals surface area contributed by atoms with Gasteiger partial charge in [-0.05, 0) is 25.1 Å². The molecule has 0 radical (unpaired) electrons. The lowest BCUT2D eigenvalue weighted by Crippen LogP contribution is -2.15. The molecule has 12 heteroatoms. The van der Waals surface area contributed by atoms with Crippen molar-refractivity contribution in [2.75, 3.05) is 12.4 Å². The predicted octanol–water partition coefficient (Wildman–Crippen LogP) is 2.86. The first-order valence-electron chi connectivity index (χ1n) is 8.30. The minimum atomic E-state index is -0.294. The van der Waals surface area contributed by atoms with Crippen LogP contribution in [-0.4, -0.2) is 37.8 Å². The zero-order chi connectivity index (χ0) is 20.4. The maximum absolute atomic E-state index is 12.3. The van der Waals surface area contributed by atoms with E-state index >= 15 is 0 Å². The Balaban J connectivity index is 1.41. The van der Waals surface area contributed by atoms with E-state index in [4.69, 9.17) is 4.74 Å². The van der Waals surface area contributed by atoms with Crippen molar-refractivity contribution in [1.29, 1.82) is 0 Å². The number of hydrogen-bond donors (Lipinski definition) is 1. The van der Waals surface area contributed by atoms with Crippen LogP contribution in [0.2, 0.25) is 0 Å². The maximum atomic E-state index is 12.3. The summed E-state index contributed by atoms with van der Waals surface area (Å²) in [5, 5.41) is 16.1. The molecule has 0 aliphatic carbocycles. The molecule has 9 nitrogen and oxygen atoms in total. The number of carbonyl (C=O) groups is 1. The van der Waals surface area contributed by atoms with Crippen molar-refractivity contribution in [3.63, 3.8) is 0 Å². The second-order valence-corrected chi connectivity index (χ2v) is 9.11. The van der Waals surface area contributed by atoms with Gasteiger partial charge < -0.3 is 4.74 Å². The molecule has 3 aromatic heterocycles. The van der Waals surface area contributed by atoms with Gasteiger partial charge in [0.05, 0.1) is 12.8 Å². The third kappa shape index (κ3) is 4.44. The first kappa shape index (κ1) is 19.5. The van der Waals surface area contributed by atoms with Crippen LogP contribution in [0.25, 0.3) is 4.96 Å². The zero-order valence-corrected chi connectivity index (χ0v) is 17.7. The summed E-state index contributed by atoms with van der Waals surface area (Å²) >= 11 is 4.01. The molecule has 0 aliphatic heterocycles. The van der Waals surface area contributed by atoms with E-state index in [0.29, 0.717) is 37.2 Å². The Morgan fingerprint density at radius 3 is 2.97 bits per heavy atom. The van der Waals surface area contributed by atoms with Gasteiger partial charge in [0.2, 0.25) is 10.1 Å². The van der Waals surface area contributed by atoms with Gasteiger partial charge in [0, 0.05) is 17.4 Å². The van der Waals surface area contributed by atoms with Crippen molar-refractivity contribution in [2.24, 2.45) is 0 Å². The van der Waals surface area contributed by atoms with Crippen molar-refractivity contribution in [2.45, 2.75) is 17.0 Å². The van der Waals surface area contributed by atoms with E-state index < -0.39 is 0 Å². The fraction of sp³-hybridized carbons (Fsp3) is 0.176. The number of hydrogen-bond acceptors (Lipinski definition) is 10. The number of aromatic nitrogens is 5. The minimum Gasteiger partial charge on any atom is -0.497 e. The number of nitrogens with one attached hydrogen (secondary N) is 1. The van der Waals surface area contributed by atoms with Crippen molar-refractivity contribution >= 4 is 50.4 Å². The highest BCUT2D eigenvalue weighted by Crippen LogP contribution is 2.28. The third-order valence-corrected chi connectivity index (χ3v) is 6.53. The molecule has 29 heavy (non-hydrogen) atoms. The fourth-order valence-electron chi connectivity index (χ4n) is 2.41. The fourth-order valence-corrected chi connectivity index (χ4v) is 4.82. The van der Waals surface area contributed by atoms with Gasteiger partial charge in [-0.3, -0.25) is 14.9 Å². The number of fused-ring (bicyclic) bond motifs is 1. The molecule has 3 heterocycles. The molecular weight excluding hydrogens is 432 g/mol. The van der Waals surface area contributed by atoms with Gasteiger partial charge in [-0.25, -0.2) is 4.98 Å². The Morgan fingerprint density at radius 1 is 1.28 bits per heavy atom. The van der Waals surface area contributed by atoms with Gasteiger partial charge in [0.1, 0.15) is 10.8 Å². The molecule has 0 saturated carbocycles. The number of ether oxygens (including phenoxy) is 1. The molecular formula is C17H14N6O3S3. The largest absolute Gasteiger partial charge is 0.497 e. The zero-order valence-electron chi connectivity index (χ0n) is 15.3. The molecule has 0 saturated heterocycles. The van der Waals surface area contributed by atoms with Crippen LogP contribution in [0.15, 0.2) is 39.5 Å². The molecule has 1 aromatic carbocycles. The standard InChI is InChI=1S/C17H14N6O3S3/c1-9-22-23-13(24)7-11(18-16(23)28-9)8-27-17-21-20-15(29-17)19-14(25)10-4-3-5-12(6-10)26-2/h3-7H,8H2,1-2H3,(H,19,20,25). The van der Waals surface area contributed by atoms with E-state index in [-0.39, 0.29) is 11.5 Å². The van der Waals surface area contributed by atoms with Crippen molar-refractivity contribution in [1.82, 2.24) is 24.8 Å². The molecule has 1 N–H and O–H groups in total. The van der Waals surface area contributed by atoms with Gasteiger partial charge in [-0.2, -0.15) is 9.61 Å². The van der Waals surface area contributed by atoms with Crippen LogP contribution in [0.5, 0.6) is 5.75 Å². The number of aryl methyl sites for hydroxylation is 1. The number of carbonyl (C=O) groups excluding carboxylic acids is 1. The number of rotatable bonds is 6. The molecule has 0 aliphatic rings. The quantitative estimate of drug-likeness (QED) is 0.355. The van der Waals surface area contributed by atoms with E-state index in [1.165, 1.54) is 45.0 Å². The van der Waals surface area contributed by atoms with E-state index in [9.17, 15) is 9.59 Å². The molecule has 148 valence electrons.